The predicted octanol–water partition coefficient (Wildman–Crippen LogP) is 2.82. The highest BCUT2D eigenvalue weighted by Crippen LogP contribution is 2.31. The molecule has 0 spiro atoms. The summed E-state index contributed by atoms with van der Waals surface area (Å²) in [5, 5.41) is 12.7. The van der Waals surface area contributed by atoms with Crippen LogP contribution in [0.2, 0.25) is 0 Å². The number of carbonyl (C=O) groups excluding carboxylic acids is 2. The Balaban J connectivity index is 1.89. The maximum Gasteiger partial charge on any atom is 0.258 e. The van der Waals surface area contributed by atoms with E-state index in [1.54, 1.807) is 54.3 Å². The quantitative estimate of drug-likeness (QED) is 0.424. The summed E-state index contributed by atoms with van der Waals surface area (Å²) < 4.78 is 34.2. The Kier molecular flexibility index (Phi) is 10.7. The van der Waals surface area contributed by atoms with E-state index in [2.05, 4.69) is 5.32 Å². The van der Waals surface area contributed by atoms with Crippen molar-refractivity contribution in [3.8, 4) is 5.75 Å². The number of nitrogens with one attached hydrogen (secondary N) is 1. The van der Waals surface area contributed by atoms with E-state index in [1.807, 2.05) is 32.8 Å². The Morgan fingerprint density at radius 2 is 1.85 bits per heavy atom. The van der Waals surface area contributed by atoms with Gasteiger partial charge in [0.05, 0.1) is 29.7 Å². The molecule has 0 saturated heterocycles. The molecule has 1 aliphatic heterocycles. The first-order chi connectivity index (χ1) is 18.8. The van der Waals surface area contributed by atoms with Crippen LogP contribution >= 0.6 is 0 Å². The summed E-state index contributed by atoms with van der Waals surface area (Å²) in [6, 6.07) is 11.1. The molecule has 0 radical (unpaired) electrons. The van der Waals surface area contributed by atoms with Crippen molar-refractivity contribution in [1.29, 1.82) is 0 Å². The third-order valence-electron chi connectivity index (χ3n) is 7.12. The SMILES string of the molecule is Cc1ccc(S(=O)(=O)N(C)C[C@@H]2Oc3ccc(NC(=O)CCCN(C)C)cc3C(=O)N([C@H](C)CO)C[C@@H]2C)cc1. The Bertz CT molecular complexity index is 1280. The van der Waals surface area contributed by atoms with Crippen LogP contribution in [0.25, 0.3) is 0 Å². The van der Waals surface area contributed by atoms with Crippen molar-refractivity contribution in [2.45, 2.75) is 50.7 Å². The third-order valence-corrected chi connectivity index (χ3v) is 8.96. The fraction of sp³-hybridized carbons (Fsp3) is 0.517. The van der Waals surface area contributed by atoms with Crippen molar-refractivity contribution >= 4 is 27.5 Å². The van der Waals surface area contributed by atoms with Gasteiger partial charge < -0.3 is 25.0 Å². The number of benzene rings is 2. The molecule has 3 atom stereocenters. The van der Waals surface area contributed by atoms with Crippen LogP contribution in [0.4, 0.5) is 5.69 Å². The summed E-state index contributed by atoms with van der Waals surface area (Å²) in [5.41, 5.74) is 1.67. The van der Waals surface area contributed by atoms with E-state index in [9.17, 15) is 23.1 Å². The van der Waals surface area contributed by atoms with Gasteiger partial charge in [-0.1, -0.05) is 24.6 Å². The average molecular weight is 575 g/mol. The second kappa shape index (κ2) is 13.6. The minimum absolute atomic E-state index is 0.0523. The molecule has 2 N–H and O–H groups in total. The molecule has 0 fully saturated rings. The molecule has 3 rings (SSSR count). The lowest BCUT2D eigenvalue weighted by Crippen LogP contribution is -2.50. The summed E-state index contributed by atoms with van der Waals surface area (Å²) >= 11 is 0. The maximum absolute atomic E-state index is 13.6. The number of aryl methyl sites for hydroxylation is 1. The van der Waals surface area contributed by atoms with Crippen LogP contribution in [0.15, 0.2) is 47.4 Å². The van der Waals surface area contributed by atoms with Crippen LogP contribution in [0.3, 0.4) is 0 Å². The van der Waals surface area contributed by atoms with Gasteiger partial charge in [-0.3, -0.25) is 9.59 Å². The normalized spacial score (nSPS) is 18.6. The van der Waals surface area contributed by atoms with Gasteiger partial charge in [0.1, 0.15) is 11.9 Å². The Labute approximate surface area is 238 Å². The lowest BCUT2D eigenvalue weighted by molar-refractivity contribution is -0.116. The number of aliphatic hydroxyl groups is 1. The van der Waals surface area contributed by atoms with Crippen LogP contribution < -0.4 is 10.1 Å². The number of amides is 2. The number of likely N-dealkylation sites (N-methyl/N-ethyl adjacent to an activating group) is 1. The number of nitrogens with zero attached hydrogens (tertiary/aromatic N) is 3. The lowest BCUT2D eigenvalue weighted by atomic mass is 9.99. The molecule has 0 unspecified atom stereocenters. The Hall–Kier alpha value is -2.99. The van der Waals surface area contributed by atoms with E-state index in [4.69, 9.17) is 4.74 Å². The molecule has 0 saturated carbocycles. The first-order valence-electron chi connectivity index (χ1n) is 13.5. The summed E-state index contributed by atoms with van der Waals surface area (Å²) in [6.07, 6.45) is 0.456. The molecule has 10 nitrogen and oxygen atoms in total. The number of carbonyl (C=O) groups is 2. The van der Waals surface area contributed by atoms with Gasteiger partial charge in [-0.2, -0.15) is 4.31 Å². The van der Waals surface area contributed by atoms with Crippen molar-refractivity contribution < 1.29 is 27.9 Å². The molecule has 1 heterocycles. The molecule has 0 aromatic heterocycles. The molecular weight excluding hydrogens is 532 g/mol. The first-order valence-corrected chi connectivity index (χ1v) is 15.0. The topological polar surface area (TPSA) is 119 Å². The molecule has 11 heteroatoms. The Morgan fingerprint density at radius 1 is 1.18 bits per heavy atom. The molecule has 40 heavy (non-hydrogen) atoms. The minimum Gasteiger partial charge on any atom is -0.488 e. The van der Waals surface area contributed by atoms with Crippen molar-refractivity contribution in [1.82, 2.24) is 14.1 Å². The fourth-order valence-electron chi connectivity index (χ4n) is 4.54. The number of hydrogen-bond acceptors (Lipinski definition) is 7. The number of fused-ring (bicyclic) bond motifs is 1. The largest absolute Gasteiger partial charge is 0.488 e. The number of rotatable bonds is 11. The van der Waals surface area contributed by atoms with Crippen LogP contribution in [0, 0.1) is 12.8 Å². The standard InChI is InChI=1S/C29H42N4O6S/c1-20-9-12-24(13-10-20)40(37,38)32(6)18-27-21(2)17-33(22(3)19-34)29(36)25-16-23(11-14-26(25)39-27)30-28(35)8-7-15-31(4)5/h9-14,16,21-22,27,34H,7-8,15,17-19H2,1-6H3,(H,30,35)/t21-,22+,27-/m0/s1. The van der Waals surface area contributed by atoms with Crippen molar-refractivity contribution in [3.05, 3.63) is 53.6 Å². The second-order valence-electron chi connectivity index (χ2n) is 10.9. The van der Waals surface area contributed by atoms with Gasteiger partial charge >= 0.3 is 0 Å². The van der Waals surface area contributed by atoms with Crippen molar-refractivity contribution in [3.63, 3.8) is 0 Å². The number of ether oxygens (including phenoxy) is 1. The Morgan fingerprint density at radius 3 is 2.48 bits per heavy atom. The van der Waals surface area contributed by atoms with Gasteiger partial charge in [0.2, 0.25) is 15.9 Å². The number of hydrogen-bond donors (Lipinski definition) is 2. The van der Waals surface area contributed by atoms with Gasteiger partial charge in [0.15, 0.2) is 0 Å². The van der Waals surface area contributed by atoms with Crippen molar-refractivity contribution in [2.75, 3.05) is 52.7 Å². The average Bonchev–Trinajstić information content (AvgIpc) is 2.90. The highest BCUT2D eigenvalue weighted by Gasteiger charge is 2.35. The molecule has 0 bridgehead atoms. The van der Waals surface area contributed by atoms with E-state index >= 15 is 0 Å². The highest BCUT2D eigenvalue weighted by atomic mass is 32.2. The van der Waals surface area contributed by atoms with E-state index < -0.39 is 22.2 Å². The van der Waals surface area contributed by atoms with Crippen LogP contribution in [0.5, 0.6) is 5.75 Å². The van der Waals surface area contributed by atoms with Gasteiger partial charge in [0.25, 0.3) is 5.91 Å². The maximum atomic E-state index is 13.6. The fourth-order valence-corrected chi connectivity index (χ4v) is 5.72. The highest BCUT2D eigenvalue weighted by molar-refractivity contribution is 7.89. The summed E-state index contributed by atoms with van der Waals surface area (Å²) in [7, 11) is 1.63. The number of sulfonamides is 1. The van der Waals surface area contributed by atoms with Gasteiger partial charge in [-0.15, -0.1) is 0 Å². The molecule has 220 valence electrons. The molecule has 2 amide bonds. The second-order valence-corrected chi connectivity index (χ2v) is 12.9. The van der Waals surface area contributed by atoms with E-state index in [0.717, 1.165) is 12.1 Å². The molecule has 2 aromatic carbocycles. The van der Waals surface area contributed by atoms with Gasteiger partial charge in [0, 0.05) is 31.6 Å². The smallest absolute Gasteiger partial charge is 0.258 e. The molecule has 0 aliphatic carbocycles. The zero-order valence-corrected chi connectivity index (χ0v) is 25.1. The first kappa shape index (κ1) is 31.5. The predicted molar refractivity (Wildman–Crippen MR) is 155 cm³/mol. The lowest BCUT2D eigenvalue weighted by Gasteiger charge is -2.38. The van der Waals surface area contributed by atoms with Crippen LogP contribution in [0.1, 0.15) is 42.6 Å². The van der Waals surface area contributed by atoms with Crippen LogP contribution in [-0.2, 0) is 14.8 Å². The molecule has 2 aromatic rings. The number of anilines is 1. The zero-order chi connectivity index (χ0) is 29.6. The summed E-state index contributed by atoms with van der Waals surface area (Å²) in [6.45, 7) is 6.40. The van der Waals surface area contributed by atoms with Gasteiger partial charge in [-0.25, -0.2) is 8.42 Å². The third kappa shape index (κ3) is 7.81. The van der Waals surface area contributed by atoms with Crippen LogP contribution in [-0.4, -0.2) is 99.0 Å². The summed E-state index contributed by atoms with van der Waals surface area (Å²) in [5.74, 6) is -0.441. The van der Waals surface area contributed by atoms with E-state index in [1.165, 1.54) is 11.4 Å². The zero-order valence-electron chi connectivity index (χ0n) is 24.3. The number of aliphatic hydroxyl groups excluding tert-OH is 1. The summed E-state index contributed by atoms with van der Waals surface area (Å²) in [4.78, 5) is 29.9. The monoisotopic (exact) mass is 574 g/mol. The molecular formula is C29H42N4O6S. The van der Waals surface area contributed by atoms with Gasteiger partial charge in [-0.05, 0) is 71.2 Å². The van der Waals surface area contributed by atoms with E-state index in [-0.39, 0.29) is 47.9 Å². The van der Waals surface area contributed by atoms with Crippen molar-refractivity contribution in [2.24, 2.45) is 5.92 Å². The van der Waals surface area contributed by atoms with E-state index in [0.29, 0.717) is 24.3 Å². The minimum atomic E-state index is -3.77. The molecule has 1 aliphatic rings.